The number of fused-ring (bicyclic) bond motifs is 1. The van der Waals surface area contributed by atoms with E-state index < -0.39 is 0 Å². The van der Waals surface area contributed by atoms with Crippen LogP contribution in [0.2, 0.25) is 0 Å². The maximum absolute atomic E-state index is 6.76. The molecule has 126 valence electrons. The summed E-state index contributed by atoms with van der Waals surface area (Å²) in [5.74, 6) is 1.48. The average Bonchev–Trinajstić information content (AvgIpc) is 2.85. The predicted octanol–water partition coefficient (Wildman–Crippen LogP) is 2.76. The van der Waals surface area contributed by atoms with Crippen LogP contribution in [0.15, 0.2) is 34.9 Å². The van der Waals surface area contributed by atoms with E-state index in [1.165, 1.54) is 11.1 Å². The third kappa shape index (κ3) is 2.28. The molecule has 2 atom stereocenters. The molecular weight excluding hydrogens is 368 g/mol. The second-order valence-electron chi connectivity index (χ2n) is 6.61. The van der Waals surface area contributed by atoms with Crippen LogP contribution in [0.1, 0.15) is 41.8 Å². The van der Waals surface area contributed by atoms with Crippen LogP contribution in [-0.4, -0.2) is 30.2 Å². The molecule has 2 heterocycles. The Morgan fingerprint density at radius 3 is 2.67 bits per heavy atom. The number of methoxy groups -OCH3 is 1. The smallest absolute Gasteiger partial charge is 0.231 e. The lowest BCUT2D eigenvalue weighted by atomic mass is 9.67. The molecule has 5 nitrogen and oxygen atoms in total. The standard InChI is InChI=1S/C18H21BrN4O/c1-24-17-13(19)10-22-16(23-17)14-11-4-2-3-5-12(11)15(20)18(14)6-8-21-9-7-18/h2-5,10,14-15,21H,6-9,20H2,1H3/t14?,15-/m0/s1. The van der Waals surface area contributed by atoms with Gasteiger partial charge in [0, 0.05) is 17.7 Å². The quantitative estimate of drug-likeness (QED) is 0.827. The second-order valence-corrected chi connectivity index (χ2v) is 7.46. The Labute approximate surface area is 150 Å². The summed E-state index contributed by atoms with van der Waals surface area (Å²) in [6.07, 6.45) is 3.83. The zero-order valence-electron chi connectivity index (χ0n) is 13.6. The molecule has 1 fully saturated rings. The molecule has 6 heteroatoms. The molecular formula is C18H21BrN4O. The monoisotopic (exact) mass is 388 g/mol. The topological polar surface area (TPSA) is 73.1 Å². The van der Waals surface area contributed by atoms with Crippen molar-refractivity contribution >= 4 is 15.9 Å². The lowest BCUT2D eigenvalue weighted by molar-refractivity contribution is 0.146. The van der Waals surface area contributed by atoms with Gasteiger partial charge in [-0.15, -0.1) is 0 Å². The Kier molecular flexibility index (Phi) is 4.06. The van der Waals surface area contributed by atoms with Crippen LogP contribution < -0.4 is 15.8 Å². The van der Waals surface area contributed by atoms with Gasteiger partial charge in [0.25, 0.3) is 0 Å². The van der Waals surface area contributed by atoms with Crippen LogP contribution in [0.5, 0.6) is 5.88 Å². The molecule has 1 aliphatic heterocycles. The van der Waals surface area contributed by atoms with Crippen molar-refractivity contribution in [3.05, 3.63) is 51.9 Å². The van der Waals surface area contributed by atoms with Gasteiger partial charge in [-0.25, -0.2) is 4.98 Å². The van der Waals surface area contributed by atoms with E-state index >= 15 is 0 Å². The molecule has 0 amide bonds. The van der Waals surface area contributed by atoms with E-state index in [1.54, 1.807) is 13.3 Å². The van der Waals surface area contributed by atoms with Crippen LogP contribution in [0.3, 0.4) is 0 Å². The molecule has 0 saturated carbocycles. The van der Waals surface area contributed by atoms with Gasteiger partial charge in [-0.05, 0) is 53.0 Å². The summed E-state index contributed by atoms with van der Waals surface area (Å²) in [7, 11) is 1.63. The Balaban J connectivity index is 1.89. The van der Waals surface area contributed by atoms with Crippen molar-refractivity contribution in [2.75, 3.05) is 20.2 Å². The molecule has 1 saturated heterocycles. The molecule has 2 aromatic rings. The van der Waals surface area contributed by atoms with Gasteiger partial charge in [0.1, 0.15) is 5.82 Å². The van der Waals surface area contributed by atoms with Gasteiger partial charge in [0.2, 0.25) is 5.88 Å². The van der Waals surface area contributed by atoms with Gasteiger partial charge >= 0.3 is 0 Å². The van der Waals surface area contributed by atoms with Crippen molar-refractivity contribution in [2.45, 2.75) is 24.8 Å². The Morgan fingerprint density at radius 1 is 1.25 bits per heavy atom. The number of aromatic nitrogens is 2. The zero-order chi connectivity index (χ0) is 16.7. The summed E-state index contributed by atoms with van der Waals surface area (Å²) in [5.41, 5.74) is 9.22. The molecule has 1 aromatic carbocycles. The molecule has 2 aliphatic rings. The SMILES string of the molecule is COc1nc(C2c3ccccc3[C@H](N)C23CCNCC3)ncc1Br. The molecule has 1 spiro atoms. The number of hydrogen-bond acceptors (Lipinski definition) is 5. The van der Waals surface area contributed by atoms with Crippen LogP contribution >= 0.6 is 15.9 Å². The molecule has 1 unspecified atom stereocenters. The molecule has 1 aromatic heterocycles. The van der Waals surface area contributed by atoms with Crippen LogP contribution in [0.4, 0.5) is 0 Å². The van der Waals surface area contributed by atoms with E-state index in [0.717, 1.165) is 36.2 Å². The van der Waals surface area contributed by atoms with Crippen molar-refractivity contribution in [2.24, 2.45) is 11.1 Å². The van der Waals surface area contributed by atoms with E-state index in [0.29, 0.717) is 5.88 Å². The number of halogens is 1. The van der Waals surface area contributed by atoms with Gasteiger partial charge in [-0.2, -0.15) is 4.98 Å². The van der Waals surface area contributed by atoms with E-state index in [1.807, 2.05) is 0 Å². The molecule has 3 N–H and O–H groups in total. The summed E-state index contributed by atoms with van der Waals surface area (Å²) < 4.78 is 6.16. The summed E-state index contributed by atoms with van der Waals surface area (Å²) >= 11 is 3.45. The first kappa shape index (κ1) is 16.0. The Bertz CT molecular complexity index is 760. The predicted molar refractivity (Wildman–Crippen MR) is 96.0 cm³/mol. The fraction of sp³-hybridized carbons (Fsp3) is 0.444. The highest BCUT2D eigenvalue weighted by Gasteiger charge is 2.53. The number of nitrogens with zero attached hydrogens (tertiary/aromatic N) is 2. The van der Waals surface area contributed by atoms with Gasteiger partial charge in [-0.1, -0.05) is 24.3 Å². The number of nitrogens with one attached hydrogen (secondary N) is 1. The van der Waals surface area contributed by atoms with Gasteiger partial charge < -0.3 is 15.8 Å². The zero-order valence-corrected chi connectivity index (χ0v) is 15.2. The number of nitrogens with two attached hydrogens (primary N) is 1. The van der Waals surface area contributed by atoms with Gasteiger partial charge in [0.05, 0.1) is 17.5 Å². The fourth-order valence-electron chi connectivity index (χ4n) is 4.39. The summed E-state index contributed by atoms with van der Waals surface area (Å²) in [6, 6.07) is 8.49. The minimum absolute atomic E-state index is 0.0130. The van der Waals surface area contributed by atoms with Crippen molar-refractivity contribution in [1.29, 1.82) is 0 Å². The van der Waals surface area contributed by atoms with Crippen molar-refractivity contribution < 1.29 is 4.74 Å². The highest BCUT2D eigenvalue weighted by atomic mass is 79.9. The molecule has 24 heavy (non-hydrogen) atoms. The van der Waals surface area contributed by atoms with E-state index in [9.17, 15) is 0 Å². The molecule has 4 rings (SSSR count). The first-order valence-electron chi connectivity index (χ1n) is 8.29. The lowest BCUT2D eigenvalue weighted by Crippen LogP contribution is -2.44. The number of hydrogen-bond donors (Lipinski definition) is 2. The maximum atomic E-state index is 6.76. The highest BCUT2D eigenvalue weighted by Crippen LogP contribution is 2.59. The third-order valence-electron chi connectivity index (χ3n) is 5.55. The number of benzene rings is 1. The second kappa shape index (κ2) is 6.10. The summed E-state index contributed by atoms with van der Waals surface area (Å²) in [4.78, 5) is 9.34. The molecule has 0 radical (unpaired) electrons. The largest absolute Gasteiger partial charge is 0.480 e. The minimum Gasteiger partial charge on any atom is -0.480 e. The maximum Gasteiger partial charge on any atom is 0.231 e. The highest BCUT2D eigenvalue weighted by molar-refractivity contribution is 9.10. The van der Waals surface area contributed by atoms with E-state index in [4.69, 9.17) is 15.5 Å². The fourth-order valence-corrected chi connectivity index (χ4v) is 4.74. The number of rotatable bonds is 2. The molecule has 1 aliphatic carbocycles. The Morgan fingerprint density at radius 2 is 1.96 bits per heavy atom. The summed E-state index contributed by atoms with van der Waals surface area (Å²) in [5, 5.41) is 3.46. The normalized spacial score (nSPS) is 24.8. The minimum atomic E-state index is -0.0340. The van der Waals surface area contributed by atoms with Gasteiger partial charge in [0.15, 0.2) is 0 Å². The van der Waals surface area contributed by atoms with Crippen molar-refractivity contribution in [3.8, 4) is 5.88 Å². The van der Waals surface area contributed by atoms with E-state index in [-0.39, 0.29) is 17.4 Å². The van der Waals surface area contributed by atoms with Crippen LogP contribution in [0.25, 0.3) is 0 Å². The van der Waals surface area contributed by atoms with Crippen LogP contribution in [0, 0.1) is 5.41 Å². The van der Waals surface area contributed by atoms with Crippen molar-refractivity contribution in [3.63, 3.8) is 0 Å². The van der Waals surface area contributed by atoms with E-state index in [2.05, 4.69) is 50.5 Å². The first-order valence-corrected chi connectivity index (χ1v) is 9.08. The van der Waals surface area contributed by atoms with Gasteiger partial charge in [-0.3, -0.25) is 0 Å². The molecule has 0 bridgehead atoms. The summed E-state index contributed by atoms with van der Waals surface area (Å²) in [6.45, 7) is 1.96. The van der Waals surface area contributed by atoms with Crippen molar-refractivity contribution in [1.82, 2.24) is 15.3 Å². The third-order valence-corrected chi connectivity index (χ3v) is 6.10. The Hall–Kier alpha value is -1.50. The van der Waals surface area contributed by atoms with Crippen LogP contribution in [-0.2, 0) is 0 Å². The lowest BCUT2D eigenvalue weighted by Gasteiger charge is -2.42. The first-order chi connectivity index (χ1) is 11.7. The number of piperidine rings is 1. The number of ether oxygens (including phenoxy) is 1. The average molecular weight is 389 g/mol.